The minimum atomic E-state index is -0.814. The number of carboxylic acid groups (broad SMARTS) is 1. The monoisotopic (exact) mass is 279 g/mol. The van der Waals surface area contributed by atoms with E-state index in [0.717, 1.165) is 18.5 Å². The second-order valence-corrected chi connectivity index (χ2v) is 4.94. The molecule has 0 aromatic heterocycles. The molecule has 1 rings (SSSR count). The van der Waals surface area contributed by atoms with Gasteiger partial charge < -0.3 is 15.2 Å². The van der Waals surface area contributed by atoms with E-state index in [0.29, 0.717) is 12.2 Å². The molecule has 1 aromatic carbocycles. The number of hydrogen-bond acceptors (Lipinski definition) is 3. The highest BCUT2D eigenvalue weighted by Crippen LogP contribution is 2.24. The third kappa shape index (κ3) is 5.51. The van der Waals surface area contributed by atoms with Crippen LogP contribution in [0, 0.1) is 0 Å². The van der Waals surface area contributed by atoms with E-state index in [1.807, 2.05) is 24.3 Å². The minimum absolute atomic E-state index is 0.562. The Hall–Kier alpha value is -1.71. The van der Waals surface area contributed by atoms with Crippen molar-refractivity contribution in [3.8, 4) is 5.75 Å². The van der Waals surface area contributed by atoms with Gasteiger partial charge in [-0.25, -0.2) is 4.79 Å². The number of methoxy groups -OCH3 is 1. The van der Waals surface area contributed by atoms with Crippen LogP contribution in [0.25, 0.3) is 0 Å². The number of unbranched alkanes of at least 4 members (excludes halogenated alkanes) is 4. The average molecular weight is 279 g/mol. The van der Waals surface area contributed by atoms with E-state index in [1.54, 1.807) is 7.11 Å². The third-order valence-corrected chi connectivity index (χ3v) is 3.33. The van der Waals surface area contributed by atoms with Gasteiger partial charge >= 0.3 is 5.97 Å². The largest absolute Gasteiger partial charge is 0.495 e. The summed E-state index contributed by atoms with van der Waals surface area (Å²) in [5, 5.41) is 12.4. The molecule has 0 aliphatic rings. The lowest BCUT2D eigenvalue weighted by atomic mass is 10.1. The van der Waals surface area contributed by atoms with Gasteiger partial charge in [0.2, 0.25) is 0 Å². The van der Waals surface area contributed by atoms with Crippen LogP contribution >= 0.6 is 0 Å². The molecule has 0 aliphatic heterocycles. The Balaban J connectivity index is 2.52. The van der Waals surface area contributed by atoms with Gasteiger partial charge in [0, 0.05) is 0 Å². The number of aliphatic carboxylic acids is 1. The van der Waals surface area contributed by atoms with Crippen LogP contribution in [-0.2, 0) is 4.79 Å². The zero-order valence-electron chi connectivity index (χ0n) is 12.4. The number of hydrogen-bond donors (Lipinski definition) is 2. The summed E-state index contributed by atoms with van der Waals surface area (Å²) in [6, 6.07) is 6.83. The van der Waals surface area contributed by atoms with E-state index >= 15 is 0 Å². The van der Waals surface area contributed by atoms with Crippen LogP contribution in [0.5, 0.6) is 5.75 Å². The third-order valence-electron chi connectivity index (χ3n) is 3.33. The maximum atomic E-state index is 11.3. The summed E-state index contributed by atoms with van der Waals surface area (Å²) < 4.78 is 5.23. The number of carboxylic acids is 1. The molecule has 112 valence electrons. The maximum Gasteiger partial charge on any atom is 0.326 e. The average Bonchev–Trinajstić information content (AvgIpc) is 2.46. The molecule has 1 aromatic rings. The van der Waals surface area contributed by atoms with Gasteiger partial charge in [0.15, 0.2) is 0 Å². The maximum absolute atomic E-state index is 11.3. The summed E-state index contributed by atoms with van der Waals surface area (Å²) in [5.41, 5.74) is 0.732. The predicted octanol–water partition coefficient (Wildman–Crippen LogP) is 3.92. The van der Waals surface area contributed by atoms with Crippen LogP contribution in [-0.4, -0.2) is 24.2 Å². The molecule has 0 spiro atoms. The second kappa shape index (κ2) is 9.23. The molecule has 4 heteroatoms. The summed E-state index contributed by atoms with van der Waals surface area (Å²) in [4.78, 5) is 11.3. The van der Waals surface area contributed by atoms with Crippen LogP contribution in [0.2, 0.25) is 0 Å². The summed E-state index contributed by atoms with van der Waals surface area (Å²) in [6.45, 7) is 2.17. The van der Waals surface area contributed by atoms with E-state index in [9.17, 15) is 9.90 Å². The molecular formula is C16H25NO3. The van der Waals surface area contributed by atoms with Crippen LogP contribution in [0.15, 0.2) is 24.3 Å². The number of benzene rings is 1. The minimum Gasteiger partial charge on any atom is -0.495 e. The zero-order valence-corrected chi connectivity index (χ0v) is 12.4. The first kappa shape index (κ1) is 16.3. The molecular weight excluding hydrogens is 254 g/mol. The Morgan fingerprint density at radius 1 is 1.25 bits per heavy atom. The zero-order chi connectivity index (χ0) is 14.8. The molecule has 1 unspecified atom stereocenters. The van der Waals surface area contributed by atoms with Gasteiger partial charge in [0.1, 0.15) is 11.8 Å². The van der Waals surface area contributed by atoms with Crippen molar-refractivity contribution in [1.82, 2.24) is 0 Å². The Bertz CT molecular complexity index is 406. The van der Waals surface area contributed by atoms with Gasteiger partial charge in [-0.15, -0.1) is 0 Å². The molecule has 0 bridgehead atoms. The lowest BCUT2D eigenvalue weighted by molar-refractivity contribution is -0.138. The molecule has 20 heavy (non-hydrogen) atoms. The van der Waals surface area contributed by atoms with Crippen molar-refractivity contribution in [1.29, 1.82) is 0 Å². The van der Waals surface area contributed by atoms with Crippen LogP contribution in [0.1, 0.15) is 45.4 Å². The normalized spacial score (nSPS) is 11.9. The fourth-order valence-electron chi connectivity index (χ4n) is 2.16. The Morgan fingerprint density at radius 2 is 1.95 bits per heavy atom. The van der Waals surface area contributed by atoms with Crippen molar-refractivity contribution in [3.05, 3.63) is 24.3 Å². The molecule has 0 radical (unpaired) electrons. The first-order chi connectivity index (χ1) is 9.69. The number of nitrogens with one attached hydrogen (secondary N) is 1. The fourth-order valence-corrected chi connectivity index (χ4v) is 2.16. The van der Waals surface area contributed by atoms with Crippen molar-refractivity contribution in [2.24, 2.45) is 0 Å². The van der Waals surface area contributed by atoms with E-state index < -0.39 is 12.0 Å². The Kier molecular flexibility index (Phi) is 7.55. The number of ether oxygens (including phenoxy) is 1. The standard InChI is InChI=1S/C16H25NO3/c1-3-4-5-6-7-11-14(16(18)19)17-13-10-8-9-12-15(13)20-2/h8-10,12,14,17H,3-7,11H2,1-2H3,(H,18,19). The summed E-state index contributed by atoms with van der Waals surface area (Å²) in [6.07, 6.45) is 6.25. The van der Waals surface area contributed by atoms with Crippen LogP contribution in [0.3, 0.4) is 0 Å². The quantitative estimate of drug-likeness (QED) is 0.637. The van der Waals surface area contributed by atoms with Gasteiger partial charge in [-0.2, -0.15) is 0 Å². The van der Waals surface area contributed by atoms with Crippen molar-refractivity contribution in [2.75, 3.05) is 12.4 Å². The fraction of sp³-hybridized carbons (Fsp3) is 0.562. The first-order valence-electron chi connectivity index (χ1n) is 7.31. The van der Waals surface area contributed by atoms with Crippen molar-refractivity contribution >= 4 is 11.7 Å². The summed E-state index contributed by atoms with van der Waals surface area (Å²) in [5.74, 6) is -0.142. The SMILES string of the molecule is CCCCCCCC(Nc1ccccc1OC)C(=O)O. The van der Waals surface area contributed by atoms with E-state index in [1.165, 1.54) is 19.3 Å². The van der Waals surface area contributed by atoms with Crippen molar-refractivity contribution < 1.29 is 14.6 Å². The van der Waals surface area contributed by atoms with E-state index in [-0.39, 0.29) is 0 Å². The smallest absolute Gasteiger partial charge is 0.326 e. The Morgan fingerprint density at radius 3 is 2.60 bits per heavy atom. The lowest BCUT2D eigenvalue weighted by Crippen LogP contribution is -2.29. The molecule has 2 N–H and O–H groups in total. The highest BCUT2D eigenvalue weighted by atomic mass is 16.5. The predicted molar refractivity (Wildman–Crippen MR) is 81.4 cm³/mol. The van der Waals surface area contributed by atoms with Gasteiger partial charge in [-0.3, -0.25) is 0 Å². The summed E-state index contributed by atoms with van der Waals surface area (Å²) >= 11 is 0. The lowest BCUT2D eigenvalue weighted by Gasteiger charge is -2.17. The van der Waals surface area contributed by atoms with Gasteiger partial charge in [-0.1, -0.05) is 51.2 Å². The molecule has 1 atom stereocenters. The highest BCUT2D eigenvalue weighted by Gasteiger charge is 2.17. The summed E-state index contributed by atoms with van der Waals surface area (Å²) in [7, 11) is 1.58. The number of rotatable bonds is 10. The van der Waals surface area contributed by atoms with Gasteiger partial charge in [0.25, 0.3) is 0 Å². The van der Waals surface area contributed by atoms with Gasteiger partial charge in [0.05, 0.1) is 12.8 Å². The molecule has 0 saturated heterocycles. The number of anilines is 1. The Labute approximate surface area is 121 Å². The molecule has 0 fully saturated rings. The van der Waals surface area contributed by atoms with E-state index in [4.69, 9.17) is 4.74 Å². The second-order valence-electron chi connectivity index (χ2n) is 4.94. The van der Waals surface area contributed by atoms with Gasteiger partial charge in [-0.05, 0) is 18.6 Å². The molecule has 0 amide bonds. The van der Waals surface area contributed by atoms with Crippen LogP contribution in [0.4, 0.5) is 5.69 Å². The first-order valence-corrected chi connectivity index (χ1v) is 7.31. The van der Waals surface area contributed by atoms with E-state index in [2.05, 4.69) is 12.2 Å². The topological polar surface area (TPSA) is 58.6 Å². The highest BCUT2D eigenvalue weighted by molar-refractivity contribution is 5.78. The van der Waals surface area contributed by atoms with Crippen molar-refractivity contribution in [2.45, 2.75) is 51.5 Å². The number of para-hydroxylation sites is 2. The van der Waals surface area contributed by atoms with Crippen molar-refractivity contribution in [3.63, 3.8) is 0 Å². The molecule has 0 saturated carbocycles. The molecule has 4 nitrogen and oxygen atoms in total. The molecule has 0 aliphatic carbocycles. The van der Waals surface area contributed by atoms with Crippen LogP contribution < -0.4 is 10.1 Å². The number of carbonyl (C=O) groups is 1. The molecule has 0 heterocycles.